The van der Waals surface area contributed by atoms with Crippen LogP contribution in [0.1, 0.15) is 46.5 Å². The van der Waals surface area contributed by atoms with E-state index in [0.717, 1.165) is 0 Å². The number of rotatable bonds is 14. The number of nitrogens with two attached hydrogens (primary N) is 1. The summed E-state index contributed by atoms with van der Waals surface area (Å²) < 4.78 is 0. The summed E-state index contributed by atoms with van der Waals surface area (Å²) in [5.41, 5.74) is 5.56. The first-order valence-electron chi connectivity index (χ1n) is 9.59. The molecule has 0 heterocycles. The summed E-state index contributed by atoms with van der Waals surface area (Å²) in [7, 11) is 0. The van der Waals surface area contributed by atoms with Gasteiger partial charge in [-0.15, -0.1) is 0 Å². The smallest absolute Gasteiger partial charge is 0.326 e. The highest BCUT2D eigenvalue weighted by Crippen LogP contribution is 2.05. The summed E-state index contributed by atoms with van der Waals surface area (Å²) in [5.74, 6) is -6.61. The highest BCUT2D eigenvalue weighted by molar-refractivity contribution is 5.94. The van der Waals surface area contributed by atoms with Gasteiger partial charge in [-0.05, 0) is 25.7 Å². The van der Waals surface area contributed by atoms with Gasteiger partial charge in [-0.3, -0.25) is 24.0 Å². The molecular weight excluding hydrogens is 416 g/mol. The molecule has 176 valence electrons. The summed E-state index contributed by atoms with van der Waals surface area (Å²) >= 11 is 0. The first-order valence-corrected chi connectivity index (χ1v) is 9.59. The molecule has 13 heteroatoms. The Hall–Kier alpha value is -3.22. The number of amides is 3. The van der Waals surface area contributed by atoms with Crippen molar-refractivity contribution >= 4 is 35.6 Å². The van der Waals surface area contributed by atoms with Crippen molar-refractivity contribution in [1.29, 1.82) is 0 Å². The maximum Gasteiger partial charge on any atom is 0.326 e. The molecule has 8 N–H and O–H groups in total. The maximum absolute atomic E-state index is 12.5. The number of carbonyl (C=O) groups excluding carboxylic acids is 3. The molecule has 0 radical (unpaired) electrons. The van der Waals surface area contributed by atoms with Gasteiger partial charge in [-0.25, -0.2) is 4.79 Å². The molecule has 0 aromatic heterocycles. The van der Waals surface area contributed by atoms with E-state index in [9.17, 15) is 33.9 Å². The fraction of sp³-hybridized carbons (Fsp3) is 0.667. The minimum atomic E-state index is -1.36. The molecule has 4 atom stereocenters. The van der Waals surface area contributed by atoms with Crippen molar-refractivity contribution in [3.05, 3.63) is 0 Å². The lowest BCUT2D eigenvalue weighted by Crippen LogP contribution is -2.57. The van der Waals surface area contributed by atoms with Crippen LogP contribution in [0, 0.1) is 5.92 Å². The molecular formula is C18H30N4O9. The van der Waals surface area contributed by atoms with Gasteiger partial charge in [-0.2, -0.15) is 0 Å². The monoisotopic (exact) mass is 446 g/mol. The number of aliphatic carboxylic acids is 3. The Balaban J connectivity index is 5.12. The van der Waals surface area contributed by atoms with Gasteiger partial charge in [0.2, 0.25) is 17.7 Å². The van der Waals surface area contributed by atoms with Crippen molar-refractivity contribution in [2.75, 3.05) is 0 Å². The largest absolute Gasteiger partial charge is 0.481 e. The maximum atomic E-state index is 12.5. The molecule has 0 aliphatic rings. The van der Waals surface area contributed by atoms with Crippen molar-refractivity contribution in [3.8, 4) is 0 Å². The number of carboxylic acid groups (broad SMARTS) is 3. The van der Waals surface area contributed by atoms with Gasteiger partial charge >= 0.3 is 17.9 Å². The molecule has 0 saturated heterocycles. The molecule has 0 aromatic rings. The molecule has 0 aliphatic carbocycles. The zero-order valence-electron chi connectivity index (χ0n) is 17.6. The lowest BCUT2D eigenvalue weighted by atomic mass is 10.0. The van der Waals surface area contributed by atoms with Crippen LogP contribution in [0.5, 0.6) is 0 Å². The molecule has 0 fully saturated rings. The van der Waals surface area contributed by atoms with Crippen LogP contribution in [0.2, 0.25) is 0 Å². The first kappa shape index (κ1) is 27.8. The van der Waals surface area contributed by atoms with Crippen LogP contribution in [-0.2, 0) is 28.8 Å². The minimum Gasteiger partial charge on any atom is -0.481 e. The van der Waals surface area contributed by atoms with E-state index in [1.54, 1.807) is 13.8 Å². The average Bonchev–Trinajstić information content (AvgIpc) is 2.65. The van der Waals surface area contributed by atoms with E-state index in [1.165, 1.54) is 6.92 Å². The summed E-state index contributed by atoms with van der Waals surface area (Å²) in [4.78, 5) is 69.5. The zero-order chi connectivity index (χ0) is 24.3. The highest BCUT2D eigenvalue weighted by atomic mass is 16.4. The van der Waals surface area contributed by atoms with E-state index in [4.69, 9.17) is 15.9 Å². The lowest BCUT2D eigenvalue weighted by Gasteiger charge is -2.24. The topological polar surface area (TPSA) is 225 Å². The second-order valence-electron chi connectivity index (χ2n) is 7.33. The van der Waals surface area contributed by atoms with Crippen molar-refractivity contribution in [3.63, 3.8) is 0 Å². The predicted octanol–water partition coefficient (Wildman–Crippen LogP) is -1.74. The Labute approximate surface area is 178 Å². The van der Waals surface area contributed by atoms with E-state index in [-0.39, 0.29) is 19.3 Å². The van der Waals surface area contributed by atoms with Crippen LogP contribution < -0.4 is 21.7 Å². The van der Waals surface area contributed by atoms with Crippen LogP contribution in [-0.4, -0.2) is 75.1 Å². The number of nitrogens with one attached hydrogen (secondary N) is 3. The van der Waals surface area contributed by atoms with E-state index in [2.05, 4.69) is 16.0 Å². The third-order valence-corrected chi connectivity index (χ3v) is 4.27. The van der Waals surface area contributed by atoms with E-state index >= 15 is 0 Å². The van der Waals surface area contributed by atoms with Crippen molar-refractivity contribution in [1.82, 2.24) is 16.0 Å². The van der Waals surface area contributed by atoms with E-state index in [0.29, 0.717) is 0 Å². The second kappa shape index (κ2) is 13.2. The van der Waals surface area contributed by atoms with E-state index in [1.807, 2.05) is 0 Å². The molecule has 0 bridgehead atoms. The van der Waals surface area contributed by atoms with Crippen LogP contribution in [0.25, 0.3) is 0 Å². The van der Waals surface area contributed by atoms with Crippen LogP contribution in [0.3, 0.4) is 0 Å². The Kier molecular flexibility index (Phi) is 11.8. The van der Waals surface area contributed by atoms with Gasteiger partial charge in [0, 0.05) is 12.8 Å². The third-order valence-electron chi connectivity index (χ3n) is 4.27. The molecule has 0 rings (SSSR count). The molecule has 0 spiro atoms. The van der Waals surface area contributed by atoms with Crippen molar-refractivity contribution < 1.29 is 44.1 Å². The zero-order valence-corrected chi connectivity index (χ0v) is 17.6. The predicted molar refractivity (Wildman–Crippen MR) is 106 cm³/mol. The molecule has 0 saturated carbocycles. The Morgan fingerprint density at radius 1 is 0.742 bits per heavy atom. The number of carbonyl (C=O) groups is 6. The van der Waals surface area contributed by atoms with Crippen molar-refractivity contribution in [2.45, 2.75) is 70.6 Å². The molecule has 13 nitrogen and oxygen atoms in total. The summed E-state index contributed by atoms with van der Waals surface area (Å²) in [6.45, 7) is 4.42. The standard InChI is InChI=1S/C18H30N4O9/c1-8(2)14(18(30)31)22-17(29)11(5-7-13(25)26)21-15(27)9(3)20-16(28)10(19)4-6-12(23)24/h8-11,14H,4-7,19H2,1-3H3,(H,20,28)(H,21,27)(H,22,29)(H,23,24)(H,25,26)(H,30,31)/t9-,10-,11-,14-/m0/s1. The van der Waals surface area contributed by atoms with Crippen molar-refractivity contribution in [2.24, 2.45) is 11.7 Å². The fourth-order valence-electron chi connectivity index (χ4n) is 2.40. The lowest BCUT2D eigenvalue weighted by molar-refractivity contribution is -0.144. The quantitative estimate of drug-likeness (QED) is 0.159. The van der Waals surface area contributed by atoms with Crippen LogP contribution >= 0.6 is 0 Å². The molecule has 31 heavy (non-hydrogen) atoms. The average molecular weight is 446 g/mol. The molecule has 0 aliphatic heterocycles. The van der Waals surface area contributed by atoms with Gasteiger partial charge in [0.1, 0.15) is 18.1 Å². The Bertz CT molecular complexity index is 696. The Morgan fingerprint density at radius 2 is 1.26 bits per heavy atom. The molecule has 0 aromatic carbocycles. The van der Waals surface area contributed by atoms with E-state index < -0.39 is 72.1 Å². The van der Waals surface area contributed by atoms with Gasteiger partial charge < -0.3 is 37.0 Å². The summed E-state index contributed by atoms with van der Waals surface area (Å²) in [6.07, 6.45) is -1.27. The second-order valence-corrected chi connectivity index (χ2v) is 7.33. The normalized spacial score (nSPS) is 14.6. The van der Waals surface area contributed by atoms with Gasteiger partial charge in [-0.1, -0.05) is 13.8 Å². The molecule has 3 amide bonds. The van der Waals surface area contributed by atoms with Gasteiger partial charge in [0.15, 0.2) is 0 Å². The fourth-order valence-corrected chi connectivity index (χ4v) is 2.40. The molecule has 0 unspecified atom stereocenters. The van der Waals surface area contributed by atoms with Crippen LogP contribution in [0.4, 0.5) is 0 Å². The Morgan fingerprint density at radius 3 is 1.71 bits per heavy atom. The summed E-state index contributed by atoms with van der Waals surface area (Å²) in [5, 5.41) is 33.5. The first-order chi connectivity index (χ1) is 14.3. The summed E-state index contributed by atoms with van der Waals surface area (Å²) in [6, 6.07) is -4.95. The van der Waals surface area contributed by atoms with Gasteiger partial charge in [0.25, 0.3) is 0 Å². The van der Waals surface area contributed by atoms with Gasteiger partial charge in [0.05, 0.1) is 6.04 Å². The van der Waals surface area contributed by atoms with Crippen LogP contribution in [0.15, 0.2) is 0 Å². The highest BCUT2D eigenvalue weighted by Gasteiger charge is 2.30. The number of hydrogen-bond donors (Lipinski definition) is 7. The third kappa shape index (κ3) is 10.9. The number of hydrogen-bond acceptors (Lipinski definition) is 7. The number of carboxylic acids is 3. The SMILES string of the molecule is CC(C)[C@H](NC(=O)[C@H](CCC(=O)O)NC(=O)[C@H](C)NC(=O)[C@@H](N)CCC(=O)O)C(=O)O. The minimum absolute atomic E-state index is 0.148.